The van der Waals surface area contributed by atoms with Crippen LogP contribution in [0.3, 0.4) is 0 Å². The highest BCUT2D eigenvalue weighted by Crippen LogP contribution is 2.25. The van der Waals surface area contributed by atoms with Crippen LogP contribution in [0.1, 0.15) is 20.7 Å². The molecule has 1 heterocycles. The summed E-state index contributed by atoms with van der Waals surface area (Å²) < 4.78 is 5.29. The second-order valence-electron chi connectivity index (χ2n) is 6.05. The number of ether oxygens (including phenoxy) is 1. The molecule has 1 aliphatic heterocycles. The van der Waals surface area contributed by atoms with Crippen LogP contribution in [-0.4, -0.2) is 59.9 Å². The number of benzene rings is 2. The van der Waals surface area contributed by atoms with Crippen LogP contribution in [-0.2, 0) is 4.74 Å². The Labute approximate surface area is 157 Å². The molecule has 1 amide bonds. The third-order valence-electron chi connectivity index (χ3n) is 4.11. The van der Waals surface area contributed by atoms with E-state index < -0.39 is 6.10 Å². The summed E-state index contributed by atoms with van der Waals surface area (Å²) in [5.74, 6) is 0.140. The maximum atomic E-state index is 12.9. The lowest BCUT2D eigenvalue weighted by Crippen LogP contribution is -2.38. The molecule has 0 spiro atoms. The van der Waals surface area contributed by atoms with Crippen LogP contribution in [0.4, 0.5) is 0 Å². The van der Waals surface area contributed by atoms with E-state index in [1.54, 1.807) is 29.2 Å². The number of hydrogen-bond acceptors (Lipinski definition) is 5. The molecule has 2 aromatic rings. The molecular weight excluding hydrogens is 350 g/mol. The first-order valence-electron chi connectivity index (χ1n) is 8.50. The van der Waals surface area contributed by atoms with Crippen molar-refractivity contribution in [2.75, 3.05) is 32.1 Å². The molecule has 1 saturated heterocycles. The number of nitrogens with zero attached hydrogens (tertiary/aromatic N) is 1. The lowest BCUT2D eigenvalue weighted by Gasteiger charge is -2.22. The van der Waals surface area contributed by atoms with E-state index in [1.807, 2.05) is 30.3 Å². The van der Waals surface area contributed by atoms with Gasteiger partial charge in [-0.25, -0.2) is 0 Å². The zero-order valence-corrected chi connectivity index (χ0v) is 15.2. The van der Waals surface area contributed by atoms with Crippen LogP contribution in [0.25, 0.3) is 0 Å². The maximum absolute atomic E-state index is 12.9. The molecular formula is C20H21NO4S. The van der Waals surface area contributed by atoms with E-state index in [-0.39, 0.29) is 30.6 Å². The molecule has 0 unspecified atom stereocenters. The van der Waals surface area contributed by atoms with Gasteiger partial charge in [-0.1, -0.05) is 42.5 Å². The van der Waals surface area contributed by atoms with Gasteiger partial charge in [-0.2, -0.15) is 0 Å². The van der Waals surface area contributed by atoms with E-state index in [1.165, 1.54) is 11.8 Å². The second kappa shape index (κ2) is 8.98. The fraction of sp³-hybridized carbons (Fsp3) is 0.300. The van der Waals surface area contributed by atoms with E-state index in [0.717, 1.165) is 4.90 Å². The van der Waals surface area contributed by atoms with E-state index in [2.05, 4.69) is 0 Å². The van der Waals surface area contributed by atoms with Gasteiger partial charge in [0.25, 0.3) is 5.91 Å². The summed E-state index contributed by atoms with van der Waals surface area (Å²) in [6.07, 6.45) is -0.680. The Bertz CT molecular complexity index is 765. The first-order chi connectivity index (χ1) is 12.6. The van der Waals surface area contributed by atoms with Gasteiger partial charge in [0, 0.05) is 23.5 Å². The van der Waals surface area contributed by atoms with Crippen molar-refractivity contribution in [2.45, 2.75) is 11.0 Å². The van der Waals surface area contributed by atoms with Gasteiger partial charge in [-0.15, -0.1) is 11.8 Å². The molecule has 0 saturated carbocycles. The van der Waals surface area contributed by atoms with Gasteiger partial charge in [-0.05, 0) is 12.1 Å². The molecule has 2 aromatic carbocycles. The molecule has 5 nitrogen and oxygen atoms in total. The van der Waals surface area contributed by atoms with Crippen LogP contribution >= 0.6 is 11.8 Å². The molecule has 1 N–H and O–H groups in total. The first-order valence-corrected chi connectivity index (χ1v) is 9.49. The third kappa shape index (κ3) is 4.72. The molecule has 136 valence electrons. The minimum absolute atomic E-state index is 0.0245. The number of aliphatic hydroxyl groups excluding tert-OH is 1. The van der Waals surface area contributed by atoms with Crippen molar-refractivity contribution in [1.82, 2.24) is 4.90 Å². The lowest BCUT2D eigenvalue weighted by atomic mass is 10.1. The van der Waals surface area contributed by atoms with Crippen LogP contribution in [0.5, 0.6) is 0 Å². The summed E-state index contributed by atoms with van der Waals surface area (Å²) in [7, 11) is 0. The summed E-state index contributed by atoms with van der Waals surface area (Å²) in [4.78, 5) is 27.6. The van der Waals surface area contributed by atoms with Crippen molar-refractivity contribution in [3.05, 3.63) is 65.7 Å². The molecule has 3 rings (SSSR count). The average Bonchev–Trinajstić information content (AvgIpc) is 2.91. The number of carbonyl (C=O) groups excluding carboxylic acids is 2. The summed E-state index contributed by atoms with van der Waals surface area (Å²) in [6, 6.07) is 16.4. The van der Waals surface area contributed by atoms with Crippen LogP contribution in [0.15, 0.2) is 59.5 Å². The Hall–Kier alpha value is -2.15. The Morgan fingerprint density at radius 2 is 1.85 bits per heavy atom. The third-order valence-corrected chi connectivity index (χ3v) is 5.18. The van der Waals surface area contributed by atoms with Crippen molar-refractivity contribution < 1.29 is 19.4 Å². The van der Waals surface area contributed by atoms with Gasteiger partial charge < -0.3 is 14.7 Å². The van der Waals surface area contributed by atoms with Crippen molar-refractivity contribution in [3.63, 3.8) is 0 Å². The van der Waals surface area contributed by atoms with Crippen molar-refractivity contribution in [1.29, 1.82) is 0 Å². The highest BCUT2D eigenvalue weighted by molar-refractivity contribution is 8.00. The van der Waals surface area contributed by atoms with Gasteiger partial charge in [0.1, 0.15) is 0 Å². The van der Waals surface area contributed by atoms with Gasteiger partial charge in [-0.3, -0.25) is 9.59 Å². The van der Waals surface area contributed by atoms with E-state index in [9.17, 15) is 14.7 Å². The Kier molecular flexibility index (Phi) is 6.44. The zero-order chi connectivity index (χ0) is 18.4. The number of rotatable bonds is 5. The van der Waals surface area contributed by atoms with Gasteiger partial charge >= 0.3 is 0 Å². The predicted molar refractivity (Wildman–Crippen MR) is 101 cm³/mol. The number of thioether (sulfide) groups is 1. The first kappa shape index (κ1) is 18.6. The topological polar surface area (TPSA) is 66.8 Å². The molecule has 26 heavy (non-hydrogen) atoms. The molecule has 1 fully saturated rings. The average molecular weight is 371 g/mol. The normalized spacial score (nSPS) is 17.6. The molecule has 0 aromatic heterocycles. The molecule has 0 radical (unpaired) electrons. The second-order valence-corrected chi connectivity index (χ2v) is 7.07. The highest BCUT2D eigenvalue weighted by atomic mass is 32.2. The van der Waals surface area contributed by atoms with Crippen molar-refractivity contribution >= 4 is 23.5 Å². The number of Topliss-reactive ketones (excluding diaryl/α,β-unsaturated/α-hetero) is 1. The quantitative estimate of drug-likeness (QED) is 0.646. The van der Waals surface area contributed by atoms with Gasteiger partial charge in [0.15, 0.2) is 5.78 Å². The zero-order valence-electron chi connectivity index (χ0n) is 14.3. The number of ketones is 1. The monoisotopic (exact) mass is 371 g/mol. The van der Waals surface area contributed by atoms with E-state index in [0.29, 0.717) is 24.3 Å². The van der Waals surface area contributed by atoms with Gasteiger partial charge in [0.05, 0.1) is 30.6 Å². The van der Waals surface area contributed by atoms with Crippen molar-refractivity contribution in [2.24, 2.45) is 0 Å². The molecule has 1 atom stereocenters. The fourth-order valence-corrected chi connectivity index (χ4v) is 3.71. The van der Waals surface area contributed by atoms with Crippen molar-refractivity contribution in [3.8, 4) is 0 Å². The lowest BCUT2D eigenvalue weighted by molar-refractivity contribution is 0.0533. The van der Waals surface area contributed by atoms with Crippen LogP contribution in [0, 0.1) is 0 Å². The minimum atomic E-state index is -0.680. The minimum Gasteiger partial charge on any atom is -0.389 e. The summed E-state index contributed by atoms with van der Waals surface area (Å²) in [6.45, 7) is 1.34. The SMILES string of the molecule is O=C(CSc1ccccc1C(=O)N1CCOC[C@@H](O)C1)c1ccccc1. The predicted octanol–water partition coefficient (Wildman–Crippen LogP) is 2.49. The van der Waals surface area contributed by atoms with Crippen LogP contribution < -0.4 is 0 Å². The molecule has 0 aliphatic carbocycles. The number of amides is 1. The largest absolute Gasteiger partial charge is 0.389 e. The maximum Gasteiger partial charge on any atom is 0.255 e. The van der Waals surface area contributed by atoms with Gasteiger partial charge in [0.2, 0.25) is 0 Å². The smallest absolute Gasteiger partial charge is 0.255 e. The Morgan fingerprint density at radius 3 is 2.65 bits per heavy atom. The summed E-state index contributed by atoms with van der Waals surface area (Å²) >= 11 is 1.36. The number of aliphatic hydroxyl groups is 1. The highest BCUT2D eigenvalue weighted by Gasteiger charge is 2.24. The van der Waals surface area contributed by atoms with E-state index >= 15 is 0 Å². The van der Waals surface area contributed by atoms with E-state index in [4.69, 9.17) is 4.74 Å². The standard InChI is InChI=1S/C20H21NO4S/c22-16-12-21(10-11-25-13-16)20(24)17-8-4-5-9-19(17)26-14-18(23)15-6-2-1-3-7-15/h1-9,16,22H,10-14H2/t16-/m0/s1. The number of hydrogen-bond donors (Lipinski definition) is 1. The van der Waals surface area contributed by atoms with Crippen LogP contribution in [0.2, 0.25) is 0 Å². The number of β-amino-alcohol motifs (C(OH)–C–C–N with tert-alkyl or cyclic N) is 1. The Morgan fingerprint density at radius 1 is 1.12 bits per heavy atom. The molecule has 6 heteroatoms. The molecule has 1 aliphatic rings. The Balaban J connectivity index is 1.71. The summed E-state index contributed by atoms with van der Waals surface area (Å²) in [5, 5.41) is 9.86. The molecule has 0 bridgehead atoms. The fourth-order valence-electron chi connectivity index (χ4n) is 2.77. The summed E-state index contributed by atoms with van der Waals surface area (Å²) in [5.41, 5.74) is 1.21. The number of carbonyl (C=O) groups is 2.